The standard InChI is InChI=1S/C12H16N2O3S/c13-10-7-8(12(15)16)1-2-11(10)14-9-3-5-18(17)6-4-9/h1-2,7,9,14H,3-6,13H2,(H,15,16). The summed E-state index contributed by atoms with van der Waals surface area (Å²) in [5.74, 6) is 0.441. The van der Waals surface area contributed by atoms with E-state index in [2.05, 4.69) is 5.32 Å². The van der Waals surface area contributed by atoms with Gasteiger partial charge in [0, 0.05) is 28.3 Å². The molecule has 1 aliphatic heterocycles. The molecule has 0 aromatic heterocycles. The lowest BCUT2D eigenvalue weighted by molar-refractivity contribution is 0.0697. The van der Waals surface area contributed by atoms with Crippen molar-refractivity contribution in [3.05, 3.63) is 23.8 Å². The Hall–Kier alpha value is -1.56. The minimum atomic E-state index is -0.985. The highest BCUT2D eigenvalue weighted by Crippen LogP contribution is 2.23. The Labute approximate surface area is 108 Å². The van der Waals surface area contributed by atoms with E-state index in [4.69, 9.17) is 10.8 Å². The molecule has 1 fully saturated rings. The van der Waals surface area contributed by atoms with E-state index >= 15 is 0 Å². The molecule has 1 heterocycles. The molecule has 1 aromatic rings. The van der Waals surface area contributed by atoms with Crippen LogP contribution in [-0.4, -0.2) is 32.8 Å². The highest BCUT2D eigenvalue weighted by Gasteiger charge is 2.18. The van der Waals surface area contributed by atoms with Crippen molar-refractivity contribution in [1.82, 2.24) is 0 Å². The molecule has 1 saturated heterocycles. The lowest BCUT2D eigenvalue weighted by atomic mass is 10.1. The molecular formula is C12H16N2O3S. The van der Waals surface area contributed by atoms with Crippen LogP contribution >= 0.6 is 0 Å². The summed E-state index contributed by atoms with van der Waals surface area (Å²) in [6.07, 6.45) is 1.71. The molecule has 1 aromatic carbocycles. The highest BCUT2D eigenvalue weighted by atomic mass is 32.2. The third-order valence-electron chi connectivity index (χ3n) is 3.05. The molecule has 0 spiro atoms. The van der Waals surface area contributed by atoms with Crippen LogP contribution in [0, 0.1) is 0 Å². The second-order valence-corrected chi connectivity index (χ2v) is 6.07. The van der Waals surface area contributed by atoms with Crippen LogP contribution in [0.15, 0.2) is 18.2 Å². The smallest absolute Gasteiger partial charge is 0.335 e. The van der Waals surface area contributed by atoms with Crippen molar-refractivity contribution in [3.63, 3.8) is 0 Å². The SMILES string of the molecule is Nc1cc(C(=O)O)ccc1NC1CCS(=O)CC1. The van der Waals surface area contributed by atoms with Gasteiger partial charge in [-0.05, 0) is 31.0 Å². The topological polar surface area (TPSA) is 92.4 Å². The molecule has 0 bridgehead atoms. The fourth-order valence-electron chi connectivity index (χ4n) is 1.99. The second-order valence-electron chi connectivity index (χ2n) is 4.37. The van der Waals surface area contributed by atoms with E-state index < -0.39 is 16.8 Å². The van der Waals surface area contributed by atoms with Crippen molar-refractivity contribution in [2.24, 2.45) is 0 Å². The molecule has 0 radical (unpaired) electrons. The highest BCUT2D eigenvalue weighted by molar-refractivity contribution is 7.85. The number of carboxylic acids is 1. The molecule has 2 rings (SSSR count). The number of nitrogens with two attached hydrogens (primary N) is 1. The van der Waals surface area contributed by atoms with Crippen molar-refractivity contribution in [3.8, 4) is 0 Å². The van der Waals surface area contributed by atoms with E-state index in [-0.39, 0.29) is 11.6 Å². The van der Waals surface area contributed by atoms with Crippen LogP contribution in [0.3, 0.4) is 0 Å². The molecule has 1 aliphatic rings. The Morgan fingerprint density at radius 3 is 2.61 bits per heavy atom. The van der Waals surface area contributed by atoms with Crippen molar-refractivity contribution in [1.29, 1.82) is 0 Å². The van der Waals surface area contributed by atoms with Gasteiger partial charge in [0.25, 0.3) is 0 Å². The number of nitrogens with one attached hydrogen (secondary N) is 1. The van der Waals surface area contributed by atoms with E-state index in [1.807, 2.05) is 0 Å². The monoisotopic (exact) mass is 268 g/mol. The molecule has 0 saturated carbocycles. The number of aromatic carboxylic acids is 1. The average Bonchev–Trinajstić information content (AvgIpc) is 2.34. The van der Waals surface area contributed by atoms with E-state index in [0.717, 1.165) is 18.5 Å². The Bertz CT molecular complexity index is 480. The first-order valence-electron chi connectivity index (χ1n) is 5.80. The molecule has 98 valence electrons. The fraction of sp³-hybridized carbons (Fsp3) is 0.417. The molecule has 18 heavy (non-hydrogen) atoms. The minimum absolute atomic E-state index is 0.183. The first-order valence-corrected chi connectivity index (χ1v) is 7.29. The Morgan fingerprint density at radius 1 is 1.39 bits per heavy atom. The number of hydrogen-bond donors (Lipinski definition) is 3. The molecule has 0 amide bonds. The van der Waals surface area contributed by atoms with Gasteiger partial charge in [0.1, 0.15) is 0 Å². The summed E-state index contributed by atoms with van der Waals surface area (Å²) in [5.41, 5.74) is 7.18. The Balaban J connectivity index is 2.05. The summed E-state index contributed by atoms with van der Waals surface area (Å²) < 4.78 is 11.2. The van der Waals surface area contributed by atoms with Crippen LogP contribution in [0.2, 0.25) is 0 Å². The number of carbonyl (C=O) groups is 1. The van der Waals surface area contributed by atoms with Crippen LogP contribution < -0.4 is 11.1 Å². The van der Waals surface area contributed by atoms with E-state index in [0.29, 0.717) is 17.2 Å². The van der Waals surface area contributed by atoms with Gasteiger partial charge >= 0.3 is 5.97 Å². The predicted octanol–water partition coefficient (Wildman–Crippen LogP) is 1.29. The summed E-state index contributed by atoms with van der Waals surface area (Å²) in [4.78, 5) is 10.8. The van der Waals surface area contributed by atoms with Gasteiger partial charge in [-0.15, -0.1) is 0 Å². The summed E-state index contributed by atoms with van der Waals surface area (Å²) in [6.45, 7) is 0. The first kappa shape index (κ1) is 12.9. The summed E-state index contributed by atoms with van der Waals surface area (Å²) >= 11 is 0. The van der Waals surface area contributed by atoms with Gasteiger partial charge < -0.3 is 16.2 Å². The average molecular weight is 268 g/mol. The van der Waals surface area contributed by atoms with Crippen LogP contribution in [0.4, 0.5) is 11.4 Å². The van der Waals surface area contributed by atoms with Gasteiger partial charge in [0.05, 0.1) is 16.9 Å². The van der Waals surface area contributed by atoms with Crippen LogP contribution in [0.5, 0.6) is 0 Å². The van der Waals surface area contributed by atoms with Crippen molar-refractivity contribution < 1.29 is 14.1 Å². The molecule has 4 N–H and O–H groups in total. The molecule has 0 atom stereocenters. The summed E-state index contributed by atoms with van der Waals surface area (Å²) in [6, 6.07) is 4.93. The molecule has 5 nitrogen and oxygen atoms in total. The predicted molar refractivity (Wildman–Crippen MR) is 72.3 cm³/mol. The normalized spacial score (nSPS) is 23.6. The van der Waals surface area contributed by atoms with Crippen LogP contribution in [-0.2, 0) is 10.8 Å². The lowest BCUT2D eigenvalue weighted by Gasteiger charge is -2.24. The van der Waals surface area contributed by atoms with E-state index in [9.17, 15) is 9.00 Å². The number of carboxylic acid groups (broad SMARTS) is 1. The second kappa shape index (κ2) is 5.39. The number of benzene rings is 1. The van der Waals surface area contributed by atoms with Crippen LogP contribution in [0.25, 0.3) is 0 Å². The van der Waals surface area contributed by atoms with Gasteiger partial charge in [0.2, 0.25) is 0 Å². The zero-order chi connectivity index (χ0) is 13.1. The Kier molecular flexibility index (Phi) is 3.86. The number of rotatable bonds is 3. The molecule has 0 unspecified atom stereocenters. The van der Waals surface area contributed by atoms with Crippen molar-refractivity contribution in [2.45, 2.75) is 18.9 Å². The maximum atomic E-state index is 11.2. The van der Waals surface area contributed by atoms with Gasteiger partial charge in [-0.1, -0.05) is 0 Å². The largest absolute Gasteiger partial charge is 0.478 e. The third-order valence-corrected chi connectivity index (χ3v) is 4.43. The van der Waals surface area contributed by atoms with Gasteiger partial charge in [0.15, 0.2) is 0 Å². The maximum Gasteiger partial charge on any atom is 0.335 e. The Morgan fingerprint density at radius 2 is 2.06 bits per heavy atom. The van der Waals surface area contributed by atoms with Gasteiger partial charge in [-0.25, -0.2) is 4.79 Å². The van der Waals surface area contributed by atoms with Crippen molar-refractivity contribution >= 4 is 28.1 Å². The number of hydrogen-bond acceptors (Lipinski definition) is 4. The maximum absolute atomic E-state index is 11.2. The van der Waals surface area contributed by atoms with E-state index in [1.54, 1.807) is 6.07 Å². The zero-order valence-corrected chi connectivity index (χ0v) is 10.7. The summed E-state index contributed by atoms with van der Waals surface area (Å²) in [5, 5.41) is 12.1. The first-order chi connectivity index (χ1) is 8.56. The molecule has 0 aliphatic carbocycles. The molecule has 6 heteroatoms. The summed E-state index contributed by atoms with van der Waals surface area (Å²) in [7, 11) is -0.683. The van der Waals surface area contributed by atoms with Gasteiger partial charge in [-0.3, -0.25) is 4.21 Å². The van der Waals surface area contributed by atoms with Crippen molar-refractivity contribution in [2.75, 3.05) is 22.6 Å². The fourth-order valence-corrected chi connectivity index (χ4v) is 3.28. The molecular weight excluding hydrogens is 252 g/mol. The van der Waals surface area contributed by atoms with Crippen LogP contribution in [0.1, 0.15) is 23.2 Å². The lowest BCUT2D eigenvalue weighted by Crippen LogP contribution is -2.29. The zero-order valence-electron chi connectivity index (χ0n) is 9.89. The minimum Gasteiger partial charge on any atom is -0.478 e. The van der Waals surface area contributed by atoms with Gasteiger partial charge in [-0.2, -0.15) is 0 Å². The number of nitrogen functional groups attached to an aromatic ring is 1. The van der Waals surface area contributed by atoms with E-state index in [1.165, 1.54) is 12.1 Å². The third kappa shape index (κ3) is 3.01. The number of anilines is 2. The quantitative estimate of drug-likeness (QED) is 0.718.